The van der Waals surface area contributed by atoms with Crippen LogP contribution in [0, 0.1) is 0 Å². The summed E-state index contributed by atoms with van der Waals surface area (Å²) in [4.78, 5) is 23.8. The van der Waals surface area contributed by atoms with Crippen molar-refractivity contribution >= 4 is 35.3 Å². The SMILES string of the molecule is NC1=NC(=O)C2=C(CNc3ccc(Oc4ccc(N)cc4)cc3)C=NC2=N1. The first kappa shape index (κ1) is 16.5. The van der Waals surface area contributed by atoms with E-state index >= 15 is 0 Å². The number of anilines is 2. The number of guanidine groups is 1. The molecule has 2 heterocycles. The van der Waals surface area contributed by atoms with Crippen LogP contribution in [0.2, 0.25) is 0 Å². The minimum atomic E-state index is -0.418. The fourth-order valence-corrected chi connectivity index (χ4v) is 2.67. The lowest BCUT2D eigenvalue weighted by Gasteiger charge is -2.10. The molecule has 2 aliphatic rings. The van der Waals surface area contributed by atoms with Gasteiger partial charge < -0.3 is 21.5 Å². The minimum absolute atomic E-state index is 0.0678. The average Bonchev–Trinajstić information content (AvgIpc) is 3.06. The maximum absolute atomic E-state index is 12.0. The second kappa shape index (κ2) is 6.75. The van der Waals surface area contributed by atoms with Gasteiger partial charge in [-0.15, -0.1) is 0 Å². The van der Waals surface area contributed by atoms with Crippen LogP contribution in [0.15, 0.2) is 74.7 Å². The zero-order chi connectivity index (χ0) is 18.8. The van der Waals surface area contributed by atoms with Gasteiger partial charge in [-0.25, -0.2) is 4.99 Å². The molecule has 0 bridgehead atoms. The number of rotatable bonds is 5. The molecule has 8 heteroatoms. The molecular weight excluding hydrogens is 344 g/mol. The number of benzene rings is 2. The predicted octanol–water partition coefficient (Wildman–Crippen LogP) is 2.11. The molecule has 0 atom stereocenters. The molecule has 0 radical (unpaired) electrons. The van der Waals surface area contributed by atoms with Crippen LogP contribution in [-0.4, -0.2) is 30.5 Å². The summed E-state index contributed by atoms with van der Waals surface area (Å²) in [7, 11) is 0. The molecule has 27 heavy (non-hydrogen) atoms. The Kier molecular flexibility index (Phi) is 4.13. The van der Waals surface area contributed by atoms with Gasteiger partial charge >= 0.3 is 0 Å². The lowest BCUT2D eigenvalue weighted by Crippen LogP contribution is -2.23. The zero-order valence-electron chi connectivity index (χ0n) is 14.2. The first-order valence-electron chi connectivity index (χ1n) is 8.20. The van der Waals surface area contributed by atoms with E-state index in [0.717, 1.165) is 11.3 Å². The summed E-state index contributed by atoms with van der Waals surface area (Å²) in [6, 6.07) is 14.7. The lowest BCUT2D eigenvalue weighted by atomic mass is 10.1. The molecule has 0 fully saturated rings. The van der Waals surface area contributed by atoms with Gasteiger partial charge in [0.05, 0.1) is 5.57 Å². The Bertz CT molecular complexity index is 1020. The summed E-state index contributed by atoms with van der Waals surface area (Å²) >= 11 is 0. The average molecular weight is 360 g/mol. The molecule has 2 aromatic rings. The lowest BCUT2D eigenvalue weighted by molar-refractivity contribution is -0.113. The molecule has 0 aromatic heterocycles. The molecule has 2 aliphatic heterocycles. The van der Waals surface area contributed by atoms with E-state index in [1.807, 2.05) is 36.4 Å². The van der Waals surface area contributed by atoms with Crippen LogP contribution in [0.4, 0.5) is 11.4 Å². The maximum atomic E-state index is 12.0. The molecule has 2 aromatic carbocycles. The molecule has 0 saturated carbocycles. The van der Waals surface area contributed by atoms with Gasteiger partial charge in [0.1, 0.15) is 11.5 Å². The number of carbonyl (C=O) groups is 1. The Balaban J connectivity index is 1.41. The summed E-state index contributed by atoms with van der Waals surface area (Å²) in [6.07, 6.45) is 1.60. The van der Waals surface area contributed by atoms with E-state index in [9.17, 15) is 4.79 Å². The predicted molar refractivity (Wildman–Crippen MR) is 105 cm³/mol. The van der Waals surface area contributed by atoms with Crippen molar-refractivity contribution in [2.45, 2.75) is 0 Å². The number of nitrogens with zero attached hydrogens (tertiary/aromatic N) is 3. The van der Waals surface area contributed by atoms with Crippen LogP contribution >= 0.6 is 0 Å². The molecule has 0 aliphatic carbocycles. The monoisotopic (exact) mass is 360 g/mol. The van der Waals surface area contributed by atoms with Crippen molar-refractivity contribution in [3.8, 4) is 11.5 Å². The highest BCUT2D eigenvalue weighted by molar-refractivity contribution is 6.34. The maximum Gasteiger partial charge on any atom is 0.284 e. The van der Waals surface area contributed by atoms with E-state index in [-0.39, 0.29) is 5.96 Å². The Labute approximate surface area is 155 Å². The molecular formula is C19H16N6O2. The fraction of sp³-hybridized carbons (Fsp3) is 0.0526. The molecule has 8 nitrogen and oxygen atoms in total. The van der Waals surface area contributed by atoms with Crippen molar-refractivity contribution < 1.29 is 9.53 Å². The number of fused-ring (bicyclic) bond motifs is 1. The Morgan fingerprint density at radius 1 is 0.926 bits per heavy atom. The molecule has 0 unspecified atom stereocenters. The number of hydrogen-bond donors (Lipinski definition) is 3. The molecule has 4 rings (SSSR count). The second-order valence-electron chi connectivity index (χ2n) is 5.92. The van der Waals surface area contributed by atoms with Crippen molar-refractivity contribution in [3.05, 3.63) is 59.7 Å². The highest BCUT2D eigenvalue weighted by Crippen LogP contribution is 2.24. The van der Waals surface area contributed by atoms with Crippen LogP contribution in [0.25, 0.3) is 0 Å². The second-order valence-corrected chi connectivity index (χ2v) is 5.92. The molecule has 0 spiro atoms. The van der Waals surface area contributed by atoms with Crippen molar-refractivity contribution in [2.75, 3.05) is 17.6 Å². The normalized spacial score (nSPS) is 15.3. The van der Waals surface area contributed by atoms with Crippen LogP contribution in [0.3, 0.4) is 0 Å². The summed E-state index contributed by atoms with van der Waals surface area (Å²) < 4.78 is 5.76. The number of amidine groups is 1. The third-order valence-electron chi connectivity index (χ3n) is 3.99. The number of hydrogen-bond acceptors (Lipinski definition) is 7. The highest BCUT2D eigenvalue weighted by Gasteiger charge is 2.27. The van der Waals surface area contributed by atoms with Gasteiger partial charge in [-0.2, -0.15) is 9.98 Å². The van der Waals surface area contributed by atoms with Crippen molar-refractivity contribution in [1.82, 2.24) is 0 Å². The quantitative estimate of drug-likeness (QED) is 0.704. The topological polar surface area (TPSA) is 127 Å². The third kappa shape index (κ3) is 3.54. The Morgan fingerprint density at radius 3 is 2.30 bits per heavy atom. The zero-order valence-corrected chi connectivity index (χ0v) is 14.2. The number of ether oxygens (including phenoxy) is 1. The van der Waals surface area contributed by atoms with Gasteiger partial charge in [-0.3, -0.25) is 4.79 Å². The smallest absolute Gasteiger partial charge is 0.284 e. The van der Waals surface area contributed by atoms with Crippen LogP contribution < -0.4 is 21.5 Å². The van der Waals surface area contributed by atoms with Crippen molar-refractivity contribution in [3.63, 3.8) is 0 Å². The molecule has 1 amide bonds. The van der Waals surface area contributed by atoms with Gasteiger partial charge in [-0.05, 0) is 48.5 Å². The first-order chi connectivity index (χ1) is 13.1. The van der Waals surface area contributed by atoms with E-state index in [2.05, 4.69) is 20.3 Å². The summed E-state index contributed by atoms with van der Waals surface area (Å²) in [5.41, 5.74) is 13.8. The molecule has 134 valence electrons. The fourth-order valence-electron chi connectivity index (χ4n) is 2.67. The van der Waals surface area contributed by atoms with E-state index in [1.54, 1.807) is 18.3 Å². The summed E-state index contributed by atoms with van der Waals surface area (Å²) in [5.74, 6) is 1.25. The van der Waals surface area contributed by atoms with Gasteiger partial charge in [-0.1, -0.05) is 0 Å². The Hall–Kier alpha value is -3.94. The number of carbonyl (C=O) groups excluding carboxylic acids is 1. The van der Waals surface area contributed by atoms with Crippen molar-refractivity contribution in [1.29, 1.82) is 0 Å². The van der Waals surface area contributed by atoms with E-state index in [1.165, 1.54) is 0 Å². The van der Waals surface area contributed by atoms with Crippen molar-refractivity contribution in [2.24, 2.45) is 20.7 Å². The van der Waals surface area contributed by atoms with Crippen LogP contribution in [0.5, 0.6) is 11.5 Å². The summed E-state index contributed by atoms with van der Waals surface area (Å²) in [5, 5.41) is 3.24. The summed E-state index contributed by atoms with van der Waals surface area (Å²) in [6.45, 7) is 0.414. The number of amides is 1. The number of nitrogens with one attached hydrogen (secondary N) is 1. The van der Waals surface area contributed by atoms with E-state index in [0.29, 0.717) is 35.1 Å². The van der Waals surface area contributed by atoms with Crippen LogP contribution in [0.1, 0.15) is 0 Å². The van der Waals surface area contributed by atoms with Gasteiger partial charge in [0.15, 0.2) is 5.84 Å². The largest absolute Gasteiger partial charge is 0.457 e. The van der Waals surface area contributed by atoms with E-state index < -0.39 is 5.91 Å². The Morgan fingerprint density at radius 2 is 1.59 bits per heavy atom. The number of nitrogen functional groups attached to an aromatic ring is 1. The van der Waals surface area contributed by atoms with Gasteiger partial charge in [0.2, 0.25) is 5.96 Å². The molecule has 5 N–H and O–H groups in total. The van der Waals surface area contributed by atoms with Gasteiger partial charge in [0, 0.05) is 29.7 Å². The third-order valence-corrected chi connectivity index (χ3v) is 3.99. The number of nitrogens with two attached hydrogens (primary N) is 2. The van der Waals surface area contributed by atoms with Crippen LogP contribution in [-0.2, 0) is 4.79 Å². The first-order valence-corrected chi connectivity index (χ1v) is 8.20. The minimum Gasteiger partial charge on any atom is -0.457 e. The highest BCUT2D eigenvalue weighted by atomic mass is 16.5. The number of aliphatic imine (C=N–C) groups is 3. The van der Waals surface area contributed by atoms with Gasteiger partial charge in [0.25, 0.3) is 5.91 Å². The molecule has 0 saturated heterocycles. The van der Waals surface area contributed by atoms with E-state index in [4.69, 9.17) is 16.2 Å². The standard InChI is InChI=1S/C19H16N6O2/c20-12-1-5-14(6-2-12)27-15-7-3-13(4-8-15)22-9-11-10-23-17-16(11)18(26)25-19(21)24-17/h1-8,10,22H,9,20H2,(H2,21,25,26).